The zero-order chi connectivity index (χ0) is 26.7. The molecule has 204 valence electrons. The average Bonchev–Trinajstić information content (AvgIpc) is 2.96. The summed E-state index contributed by atoms with van der Waals surface area (Å²) >= 11 is 1.73. The molecule has 0 aromatic heterocycles. The molecule has 0 saturated heterocycles. The van der Waals surface area contributed by atoms with Crippen molar-refractivity contribution in [2.75, 3.05) is 21.3 Å². The van der Waals surface area contributed by atoms with Gasteiger partial charge in [-0.1, -0.05) is 72.4 Å². The summed E-state index contributed by atoms with van der Waals surface area (Å²) in [5, 5.41) is 0.921. The minimum Gasteiger partial charge on any atom is -0.497 e. The van der Waals surface area contributed by atoms with Crippen LogP contribution in [0.25, 0.3) is 0 Å². The van der Waals surface area contributed by atoms with Gasteiger partial charge in [0.05, 0.1) is 21.3 Å². The molecule has 0 bridgehead atoms. The Labute approximate surface area is 246 Å². The summed E-state index contributed by atoms with van der Waals surface area (Å²) in [7, 11) is 5.06. The number of methoxy groups -OCH3 is 3. The van der Waals surface area contributed by atoms with Crippen molar-refractivity contribution in [2.45, 2.75) is 25.8 Å². The van der Waals surface area contributed by atoms with Crippen LogP contribution in [-0.4, -0.2) is 31.4 Å². The molecule has 4 aromatic rings. The van der Waals surface area contributed by atoms with Gasteiger partial charge in [0.1, 0.15) is 22.9 Å². The lowest BCUT2D eigenvalue weighted by molar-refractivity contribution is 0.404. The van der Waals surface area contributed by atoms with Gasteiger partial charge in [-0.3, -0.25) is 0 Å². The Morgan fingerprint density at radius 3 is 1.77 bits per heavy atom. The molecule has 0 radical (unpaired) electrons. The topological polar surface area (TPSA) is 43.3 Å². The average molecular weight is 608 g/mol. The Balaban J connectivity index is 0.00000420. The molecule has 0 aliphatic rings. The van der Waals surface area contributed by atoms with Crippen molar-refractivity contribution in [2.24, 2.45) is 4.99 Å². The fourth-order valence-electron chi connectivity index (χ4n) is 4.00. The van der Waals surface area contributed by atoms with Crippen molar-refractivity contribution in [3.8, 4) is 17.2 Å². The Morgan fingerprint density at radius 1 is 0.692 bits per heavy atom. The number of rotatable bonds is 10. The molecule has 7 heteroatoms. The molecular weight excluding hydrogens is 572 g/mol. The number of ether oxygens (including phenoxy) is 3. The summed E-state index contributed by atoms with van der Waals surface area (Å²) in [5.74, 6) is 3.23. The SMILES string of the molecule is Br.COc1ccc(CN(Cc2ccc(OC)cc2)C(=Nc2cc(C)ccc2OC)SCc2ccccc2)cc1. The molecule has 0 saturated carbocycles. The number of halogens is 1. The first-order chi connectivity index (χ1) is 18.6. The Bertz CT molecular complexity index is 1280. The predicted molar refractivity (Wildman–Crippen MR) is 168 cm³/mol. The summed E-state index contributed by atoms with van der Waals surface area (Å²) in [5.41, 5.74) is 5.54. The third kappa shape index (κ3) is 8.80. The molecule has 39 heavy (non-hydrogen) atoms. The van der Waals surface area contributed by atoms with Crippen LogP contribution in [0.1, 0.15) is 22.3 Å². The van der Waals surface area contributed by atoms with Gasteiger partial charge in [-0.15, -0.1) is 17.0 Å². The number of amidine groups is 1. The van der Waals surface area contributed by atoms with Gasteiger partial charge >= 0.3 is 0 Å². The molecule has 4 aromatic carbocycles. The summed E-state index contributed by atoms with van der Waals surface area (Å²) in [4.78, 5) is 7.52. The van der Waals surface area contributed by atoms with E-state index in [-0.39, 0.29) is 17.0 Å². The van der Waals surface area contributed by atoms with Crippen molar-refractivity contribution in [1.29, 1.82) is 0 Å². The molecular formula is C32H35BrN2O3S. The number of nitrogens with zero attached hydrogens (tertiary/aromatic N) is 2. The lowest BCUT2D eigenvalue weighted by Gasteiger charge is -2.27. The van der Waals surface area contributed by atoms with Crippen LogP contribution in [0, 0.1) is 6.92 Å². The molecule has 0 N–H and O–H groups in total. The second kappa shape index (κ2) is 15.2. The van der Waals surface area contributed by atoms with Crippen molar-refractivity contribution in [1.82, 2.24) is 4.90 Å². The monoisotopic (exact) mass is 606 g/mol. The molecule has 0 heterocycles. The van der Waals surface area contributed by atoms with Crippen molar-refractivity contribution in [3.63, 3.8) is 0 Å². The van der Waals surface area contributed by atoms with Gasteiger partial charge in [-0.05, 0) is 65.6 Å². The highest BCUT2D eigenvalue weighted by atomic mass is 79.9. The Hall–Kier alpha value is -3.42. The van der Waals surface area contributed by atoms with Gasteiger partial charge in [0, 0.05) is 18.8 Å². The molecule has 0 aliphatic heterocycles. The van der Waals surface area contributed by atoms with Gasteiger partial charge < -0.3 is 19.1 Å². The third-order valence-electron chi connectivity index (χ3n) is 6.10. The number of benzene rings is 4. The number of hydrogen-bond donors (Lipinski definition) is 0. The van der Waals surface area contributed by atoms with Gasteiger partial charge in [-0.25, -0.2) is 4.99 Å². The number of hydrogen-bond acceptors (Lipinski definition) is 5. The van der Waals surface area contributed by atoms with Crippen LogP contribution >= 0.6 is 28.7 Å². The minimum atomic E-state index is 0. The first-order valence-electron chi connectivity index (χ1n) is 12.5. The first-order valence-corrected chi connectivity index (χ1v) is 13.5. The zero-order valence-corrected chi connectivity index (χ0v) is 25.3. The second-order valence-electron chi connectivity index (χ2n) is 8.90. The minimum absolute atomic E-state index is 0. The standard InChI is InChI=1S/C32H34N2O3S.BrH/c1-24-10-19-31(37-4)30(20-24)33-32(38-23-27-8-6-5-7-9-27)34(21-25-11-15-28(35-2)16-12-25)22-26-13-17-29(36-3)18-14-26;/h5-20H,21-23H2,1-4H3;1H. The van der Waals surface area contributed by atoms with Crippen LogP contribution in [-0.2, 0) is 18.8 Å². The maximum Gasteiger partial charge on any atom is 0.165 e. The quantitative estimate of drug-likeness (QED) is 0.134. The van der Waals surface area contributed by atoms with Gasteiger partial charge in [0.2, 0.25) is 0 Å². The van der Waals surface area contributed by atoms with Gasteiger partial charge in [0.15, 0.2) is 5.17 Å². The van der Waals surface area contributed by atoms with Gasteiger partial charge in [-0.2, -0.15) is 0 Å². The van der Waals surface area contributed by atoms with Crippen LogP contribution in [0.5, 0.6) is 17.2 Å². The fourth-order valence-corrected chi connectivity index (χ4v) is 4.96. The van der Waals surface area contributed by atoms with E-state index in [4.69, 9.17) is 19.2 Å². The lowest BCUT2D eigenvalue weighted by atomic mass is 10.1. The van der Waals surface area contributed by atoms with Crippen molar-refractivity contribution < 1.29 is 14.2 Å². The molecule has 0 fully saturated rings. The highest BCUT2D eigenvalue weighted by Crippen LogP contribution is 2.32. The summed E-state index contributed by atoms with van der Waals surface area (Å²) in [6.45, 7) is 3.44. The highest BCUT2D eigenvalue weighted by molar-refractivity contribution is 8.93. The normalized spacial score (nSPS) is 10.9. The van der Waals surface area contributed by atoms with Crippen molar-refractivity contribution in [3.05, 3.63) is 119 Å². The van der Waals surface area contributed by atoms with E-state index in [0.29, 0.717) is 13.1 Å². The summed E-state index contributed by atoms with van der Waals surface area (Å²) in [6, 6.07) is 33.0. The molecule has 0 atom stereocenters. The van der Waals surface area contributed by atoms with E-state index in [9.17, 15) is 0 Å². The maximum atomic E-state index is 5.67. The highest BCUT2D eigenvalue weighted by Gasteiger charge is 2.16. The van der Waals surface area contributed by atoms with Crippen LogP contribution in [0.4, 0.5) is 5.69 Å². The van der Waals surface area contributed by atoms with E-state index in [2.05, 4.69) is 66.4 Å². The molecule has 0 spiro atoms. The third-order valence-corrected chi connectivity index (χ3v) is 7.18. The fraction of sp³-hybridized carbons (Fsp3) is 0.219. The zero-order valence-electron chi connectivity index (χ0n) is 22.8. The smallest absolute Gasteiger partial charge is 0.165 e. The van der Waals surface area contributed by atoms with E-state index in [0.717, 1.165) is 39.4 Å². The predicted octanol–water partition coefficient (Wildman–Crippen LogP) is 8.22. The molecule has 0 amide bonds. The van der Waals surface area contributed by atoms with Crippen LogP contribution in [0.2, 0.25) is 0 Å². The Kier molecular flexibility index (Phi) is 11.8. The van der Waals surface area contributed by atoms with Gasteiger partial charge in [0.25, 0.3) is 0 Å². The Morgan fingerprint density at radius 2 is 1.26 bits per heavy atom. The molecule has 5 nitrogen and oxygen atoms in total. The number of thioether (sulfide) groups is 1. The lowest BCUT2D eigenvalue weighted by Crippen LogP contribution is -2.28. The van der Waals surface area contributed by atoms with Crippen LogP contribution in [0.15, 0.2) is 102 Å². The van der Waals surface area contributed by atoms with E-state index in [1.165, 1.54) is 16.7 Å². The first kappa shape index (κ1) is 30.1. The largest absolute Gasteiger partial charge is 0.497 e. The van der Waals surface area contributed by atoms with Crippen LogP contribution < -0.4 is 14.2 Å². The summed E-state index contributed by atoms with van der Waals surface area (Å²) < 4.78 is 16.4. The molecule has 0 unspecified atom stereocenters. The summed E-state index contributed by atoms with van der Waals surface area (Å²) in [6.07, 6.45) is 0. The van der Waals surface area contributed by atoms with E-state index in [1.807, 2.05) is 42.5 Å². The van der Waals surface area contributed by atoms with E-state index in [1.54, 1.807) is 33.1 Å². The van der Waals surface area contributed by atoms with Crippen LogP contribution in [0.3, 0.4) is 0 Å². The van der Waals surface area contributed by atoms with E-state index >= 15 is 0 Å². The number of aliphatic imine (C=N–C) groups is 1. The van der Waals surface area contributed by atoms with E-state index < -0.39 is 0 Å². The van der Waals surface area contributed by atoms with Crippen molar-refractivity contribution >= 4 is 39.6 Å². The molecule has 4 rings (SSSR count). The maximum absolute atomic E-state index is 5.67. The molecule has 0 aliphatic carbocycles. The number of aryl methyl sites for hydroxylation is 1. The second-order valence-corrected chi connectivity index (χ2v) is 9.84.